The average Bonchev–Trinajstić information content (AvgIpc) is 2.12. The first-order chi connectivity index (χ1) is 6.20. The molecule has 0 saturated heterocycles. The SMILES string of the molecule is CNCc1c(F)ccc(OC)c1F. The Morgan fingerprint density at radius 2 is 2.08 bits per heavy atom. The third kappa shape index (κ3) is 1.95. The van der Waals surface area contributed by atoms with Crippen LogP contribution in [0.15, 0.2) is 12.1 Å². The molecule has 0 amide bonds. The molecule has 0 bridgehead atoms. The Kier molecular flexibility index (Phi) is 3.19. The van der Waals surface area contributed by atoms with Crippen molar-refractivity contribution in [3.63, 3.8) is 0 Å². The van der Waals surface area contributed by atoms with Crippen LogP contribution in [-0.2, 0) is 6.54 Å². The summed E-state index contributed by atoms with van der Waals surface area (Å²) in [6.45, 7) is 0.148. The van der Waals surface area contributed by atoms with Gasteiger partial charge in [0, 0.05) is 12.1 Å². The quantitative estimate of drug-likeness (QED) is 0.777. The van der Waals surface area contributed by atoms with E-state index in [1.807, 2.05) is 0 Å². The van der Waals surface area contributed by atoms with Crippen molar-refractivity contribution in [1.82, 2.24) is 5.32 Å². The summed E-state index contributed by atoms with van der Waals surface area (Å²) in [7, 11) is 2.97. The highest BCUT2D eigenvalue weighted by Gasteiger charge is 2.12. The topological polar surface area (TPSA) is 21.3 Å². The number of hydrogen-bond acceptors (Lipinski definition) is 2. The molecule has 1 aromatic carbocycles. The van der Waals surface area contributed by atoms with E-state index in [1.54, 1.807) is 7.05 Å². The Bertz CT molecular complexity index is 302. The van der Waals surface area contributed by atoms with Gasteiger partial charge in [0.25, 0.3) is 0 Å². The van der Waals surface area contributed by atoms with E-state index in [-0.39, 0.29) is 17.9 Å². The molecule has 4 heteroatoms. The highest BCUT2D eigenvalue weighted by molar-refractivity contribution is 5.32. The molecule has 0 aliphatic carbocycles. The van der Waals surface area contributed by atoms with E-state index < -0.39 is 11.6 Å². The summed E-state index contributed by atoms with van der Waals surface area (Å²) >= 11 is 0. The zero-order valence-corrected chi connectivity index (χ0v) is 7.53. The molecule has 1 rings (SSSR count). The summed E-state index contributed by atoms with van der Waals surface area (Å²) in [5, 5.41) is 2.68. The fourth-order valence-corrected chi connectivity index (χ4v) is 1.07. The van der Waals surface area contributed by atoms with Crippen molar-refractivity contribution in [2.75, 3.05) is 14.2 Å². The lowest BCUT2D eigenvalue weighted by molar-refractivity contribution is 0.380. The second kappa shape index (κ2) is 4.18. The van der Waals surface area contributed by atoms with Gasteiger partial charge in [0.2, 0.25) is 0 Å². The molecule has 0 atom stereocenters. The van der Waals surface area contributed by atoms with Gasteiger partial charge in [-0.1, -0.05) is 0 Å². The van der Waals surface area contributed by atoms with Crippen LogP contribution < -0.4 is 10.1 Å². The molecule has 2 nitrogen and oxygen atoms in total. The predicted octanol–water partition coefficient (Wildman–Crippen LogP) is 1.69. The van der Waals surface area contributed by atoms with Crippen molar-refractivity contribution in [2.24, 2.45) is 0 Å². The molecule has 0 radical (unpaired) electrons. The van der Waals surface area contributed by atoms with E-state index in [1.165, 1.54) is 19.2 Å². The van der Waals surface area contributed by atoms with E-state index >= 15 is 0 Å². The number of rotatable bonds is 3. The number of methoxy groups -OCH3 is 1. The Morgan fingerprint density at radius 3 is 2.62 bits per heavy atom. The lowest BCUT2D eigenvalue weighted by Gasteiger charge is -2.07. The first-order valence-corrected chi connectivity index (χ1v) is 3.86. The van der Waals surface area contributed by atoms with Crippen LogP contribution in [0.25, 0.3) is 0 Å². The summed E-state index contributed by atoms with van der Waals surface area (Å²) in [6.07, 6.45) is 0. The summed E-state index contributed by atoms with van der Waals surface area (Å²) in [4.78, 5) is 0. The first kappa shape index (κ1) is 9.92. The van der Waals surface area contributed by atoms with Crippen LogP contribution >= 0.6 is 0 Å². The monoisotopic (exact) mass is 187 g/mol. The van der Waals surface area contributed by atoms with Crippen LogP contribution in [0, 0.1) is 11.6 Å². The van der Waals surface area contributed by atoms with Crippen molar-refractivity contribution in [3.05, 3.63) is 29.3 Å². The van der Waals surface area contributed by atoms with E-state index in [9.17, 15) is 8.78 Å². The van der Waals surface area contributed by atoms with E-state index in [4.69, 9.17) is 4.74 Å². The van der Waals surface area contributed by atoms with Crippen LogP contribution in [0.5, 0.6) is 5.75 Å². The Hall–Kier alpha value is -1.16. The van der Waals surface area contributed by atoms with Gasteiger partial charge in [-0.15, -0.1) is 0 Å². The molecule has 1 N–H and O–H groups in total. The van der Waals surface area contributed by atoms with Gasteiger partial charge in [0.1, 0.15) is 5.82 Å². The molecule has 0 aromatic heterocycles. The smallest absolute Gasteiger partial charge is 0.172 e. The van der Waals surface area contributed by atoms with Crippen molar-refractivity contribution in [3.8, 4) is 5.75 Å². The van der Waals surface area contributed by atoms with Crippen molar-refractivity contribution >= 4 is 0 Å². The van der Waals surface area contributed by atoms with Crippen molar-refractivity contribution < 1.29 is 13.5 Å². The van der Waals surface area contributed by atoms with Gasteiger partial charge in [-0.05, 0) is 19.2 Å². The first-order valence-electron chi connectivity index (χ1n) is 3.86. The number of ether oxygens (including phenoxy) is 1. The van der Waals surface area contributed by atoms with Gasteiger partial charge >= 0.3 is 0 Å². The normalized spacial score (nSPS) is 10.2. The summed E-state index contributed by atoms with van der Waals surface area (Å²) in [5.74, 6) is -1.14. The largest absolute Gasteiger partial charge is 0.494 e. The van der Waals surface area contributed by atoms with Crippen LogP contribution in [0.2, 0.25) is 0 Å². The van der Waals surface area contributed by atoms with Crippen LogP contribution in [0.1, 0.15) is 5.56 Å². The third-order valence-electron chi connectivity index (χ3n) is 1.72. The van der Waals surface area contributed by atoms with Gasteiger partial charge in [-0.2, -0.15) is 0 Å². The minimum Gasteiger partial charge on any atom is -0.494 e. The Balaban J connectivity index is 3.13. The molecule has 13 heavy (non-hydrogen) atoms. The van der Waals surface area contributed by atoms with E-state index in [0.29, 0.717) is 0 Å². The molecule has 1 aromatic rings. The molecular weight excluding hydrogens is 176 g/mol. The fourth-order valence-electron chi connectivity index (χ4n) is 1.07. The summed E-state index contributed by atoms with van der Waals surface area (Å²) in [5.41, 5.74) is 0.00171. The molecule has 0 unspecified atom stereocenters. The molecule has 0 aliphatic rings. The Labute approximate surface area is 75.5 Å². The Morgan fingerprint density at radius 1 is 1.38 bits per heavy atom. The highest BCUT2D eigenvalue weighted by atomic mass is 19.1. The van der Waals surface area contributed by atoms with Crippen LogP contribution in [0.3, 0.4) is 0 Å². The standard InChI is InChI=1S/C9H11F2NO/c1-12-5-6-7(10)3-4-8(13-2)9(6)11/h3-4,12H,5H2,1-2H3. The number of benzene rings is 1. The fraction of sp³-hybridized carbons (Fsp3) is 0.333. The maximum atomic E-state index is 13.3. The zero-order chi connectivity index (χ0) is 9.84. The summed E-state index contributed by atoms with van der Waals surface area (Å²) < 4.78 is 31.1. The maximum absolute atomic E-state index is 13.3. The lowest BCUT2D eigenvalue weighted by Crippen LogP contribution is -2.10. The lowest BCUT2D eigenvalue weighted by atomic mass is 10.2. The molecule has 0 heterocycles. The van der Waals surface area contributed by atoms with Gasteiger partial charge in [0.15, 0.2) is 11.6 Å². The molecule has 72 valence electrons. The van der Waals surface area contributed by atoms with Gasteiger partial charge in [0.05, 0.1) is 7.11 Å². The molecule has 0 fully saturated rings. The molecule has 0 saturated carbocycles. The molecule has 0 spiro atoms. The van der Waals surface area contributed by atoms with E-state index in [0.717, 1.165) is 0 Å². The van der Waals surface area contributed by atoms with Crippen LogP contribution in [0.4, 0.5) is 8.78 Å². The molecule has 0 aliphatic heterocycles. The van der Waals surface area contributed by atoms with Crippen molar-refractivity contribution in [2.45, 2.75) is 6.54 Å². The zero-order valence-electron chi connectivity index (χ0n) is 7.53. The van der Waals surface area contributed by atoms with Gasteiger partial charge < -0.3 is 10.1 Å². The van der Waals surface area contributed by atoms with Crippen molar-refractivity contribution in [1.29, 1.82) is 0 Å². The second-order valence-corrected chi connectivity index (χ2v) is 2.57. The second-order valence-electron chi connectivity index (χ2n) is 2.57. The average molecular weight is 187 g/mol. The minimum absolute atomic E-state index is 0.00171. The van der Waals surface area contributed by atoms with Crippen LogP contribution in [-0.4, -0.2) is 14.2 Å². The minimum atomic E-state index is -0.642. The maximum Gasteiger partial charge on any atom is 0.172 e. The number of hydrogen-bond donors (Lipinski definition) is 1. The molecular formula is C9H11F2NO. The van der Waals surface area contributed by atoms with Gasteiger partial charge in [-0.3, -0.25) is 0 Å². The number of nitrogens with one attached hydrogen (secondary N) is 1. The predicted molar refractivity (Wildman–Crippen MR) is 45.7 cm³/mol. The number of halogens is 2. The third-order valence-corrected chi connectivity index (χ3v) is 1.72. The summed E-state index contributed by atoms with van der Waals surface area (Å²) in [6, 6.07) is 2.46. The highest BCUT2D eigenvalue weighted by Crippen LogP contribution is 2.22. The van der Waals surface area contributed by atoms with E-state index in [2.05, 4.69) is 5.32 Å². The van der Waals surface area contributed by atoms with Gasteiger partial charge in [-0.25, -0.2) is 8.78 Å².